The molecule has 0 amide bonds. The number of nitrogens with zero attached hydrogens (tertiary/aromatic N) is 1. The van der Waals surface area contributed by atoms with Gasteiger partial charge < -0.3 is 14.8 Å². The van der Waals surface area contributed by atoms with Gasteiger partial charge in [-0.2, -0.15) is 0 Å². The summed E-state index contributed by atoms with van der Waals surface area (Å²) in [6, 6.07) is 3.69. The quantitative estimate of drug-likeness (QED) is 0.822. The highest BCUT2D eigenvalue weighted by molar-refractivity contribution is 6.60. The molecule has 4 nitrogen and oxygen atoms in total. The molecule has 5 heteroatoms. The van der Waals surface area contributed by atoms with Crippen LogP contribution in [0.1, 0.15) is 54.2 Å². The van der Waals surface area contributed by atoms with E-state index in [0.29, 0.717) is 5.46 Å². The third kappa shape index (κ3) is 4.04. The van der Waals surface area contributed by atoms with E-state index in [1.165, 1.54) is 0 Å². The summed E-state index contributed by atoms with van der Waals surface area (Å²) in [5, 5.41) is 20.2. The van der Waals surface area contributed by atoms with Crippen LogP contribution in [-0.4, -0.2) is 33.4 Å². The van der Waals surface area contributed by atoms with Crippen molar-refractivity contribution >= 4 is 12.6 Å². The van der Waals surface area contributed by atoms with E-state index in [2.05, 4.69) is 25.8 Å². The summed E-state index contributed by atoms with van der Waals surface area (Å²) < 4.78 is 5.58. The highest BCUT2D eigenvalue weighted by Crippen LogP contribution is 2.25. The Bertz CT molecular complexity index is 444. The van der Waals surface area contributed by atoms with Crippen molar-refractivity contribution in [1.82, 2.24) is 4.98 Å². The Hall–Kier alpha value is -0.905. The Morgan fingerprint density at radius 1 is 1.05 bits per heavy atom. The van der Waals surface area contributed by atoms with Crippen LogP contribution < -0.4 is 5.46 Å². The monoisotopic (exact) mass is 279 g/mol. The van der Waals surface area contributed by atoms with Gasteiger partial charge in [-0.15, -0.1) is 0 Å². The minimum Gasteiger partial charge on any atom is -0.423 e. The zero-order valence-corrected chi connectivity index (χ0v) is 13.6. The largest absolute Gasteiger partial charge is 0.493 e. The van der Waals surface area contributed by atoms with E-state index in [9.17, 15) is 10.1 Å². The lowest BCUT2D eigenvalue weighted by Gasteiger charge is -2.38. The van der Waals surface area contributed by atoms with E-state index in [0.717, 1.165) is 5.69 Å². The molecule has 0 saturated heterocycles. The molecule has 0 radical (unpaired) electrons. The molecule has 0 aliphatic rings. The minimum absolute atomic E-state index is 0.0311. The van der Waals surface area contributed by atoms with Gasteiger partial charge in [-0.05, 0) is 33.8 Å². The molecule has 0 unspecified atom stereocenters. The van der Waals surface area contributed by atoms with Crippen LogP contribution >= 0.6 is 0 Å². The normalized spacial score (nSPS) is 13.4. The first-order valence-electron chi connectivity index (χ1n) is 6.89. The maximum atomic E-state index is 10.1. The van der Waals surface area contributed by atoms with Gasteiger partial charge in [0.25, 0.3) is 0 Å². The van der Waals surface area contributed by atoms with E-state index >= 15 is 0 Å². The Kier molecular flexibility index (Phi) is 4.69. The molecule has 0 aliphatic heterocycles. The van der Waals surface area contributed by atoms with Crippen LogP contribution in [0.3, 0.4) is 0 Å². The lowest BCUT2D eigenvalue weighted by atomic mass is 9.77. The van der Waals surface area contributed by atoms with Gasteiger partial charge >= 0.3 is 7.12 Å². The molecule has 1 aromatic heterocycles. The van der Waals surface area contributed by atoms with Crippen molar-refractivity contribution in [2.45, 2.75) is 65.1 Å². The predicted molar refractivity (Wildman–Crippen MR) is 82.0 cm³/mol. The number of aliphatic hydroxyl groups is 1. The summed E-state index contributed by atoms with van der Waals surface area (Å²) in [4.78, 5) is 4.36. The van der Waals surface area contributed by atoms with Gasteiger partial charge in [0, 0.05) is 22.8 Å². The second-order valence-electron chi connectivity index (χ2n) is 7.27. The molecule has 0 aromatic carbocycles. The molecule has 1 rings (SSSR count). The van der Waals surface area contributed by atoms with Crippen LogP contribution in [0.25, 0.3) is 0 Å². The van der Waals surface area contributed by atoms with Crippen molar-refractivity contribution in [3.8, 4) is 0 Å². The SMILES string of the molecule is CC(C)(C)c1ccc(B(O)OC(C)(C)C(C)(C)O)cn1. The van der Waals surface area contributed by atoms with Gasteiger partial charge in [-0.3, -0.25) is 4.98 Å². The van der Waals surface area contributed by atoms with Gasteiger partial charge in [-0.1, -0.05) is 26.8 Å². The highest BCUT2D eigenvalue weighted by Gasteiger charge is 2.39. The van der Waals surface area contributed by atoms with Crippen LogP contribution in [0, 0.1) is 0 Å². The second-order valence-corrected chi connectivity index (χ2v) is 7.27. The molecule has 0 aliphatic carbocycles. The molecule has 0 spiro atoms. The van der Waals surface area contributed by atoms with Crippen molar-refractivity contribution in [2.24, 2.45) is 0 Å². The van der Waals surface area contributed by atoms with Gasteiger partial charge in [0.2, 0.25) is 0 Å². The van der Waals surface area contributed by atoms with Crippen LogP contribution in [0.4, 0.5) is 0 Å². The maximum Gasteiger partial charge on any atom is 0.493 e. The molecule has 1 heterocycles. The summed E-state index contributed by atoms with van der Waals surface area (Å²) in [5.41, 5.74) is -0.441. The lowest BCUT2D eigenvalue weighted by Crippen LogP contribution is -2.53. The van der Waals surface area contributed by atoms with E-state index in [1.807, 2.05) is 6.07 Å². The lowest BCUT2D eigenvalue weighted by molar-refractivity contribution is -0.0982. The fourth-order valence-electron chi connectivity index (χ4n) is 1.49. The number of aromatic nitrogens is 1. The molecule has 112 valence electrons. The summed E-state index contributed by atoms with van der Waals surface area (Å²) in [7, 11) is -1.11. The Balaban J connectivity index is 2.87. The van der Waals surface area contributed by atoms with Gasteiger partial charge in [0.05, 0.1) is 11.2 Å². The van der Waals surface area contributed by atoms with Gasteiger partial charge in [-0.25, -0.2) is 0 Å². The fourth-order valence-corrected chi connectivity index (χ4v) is 1.49. The Labute approximate surface area is 122 Å². The van der Waals surface area contributed by atoms with E-state index in [4.69, 9.17) is 4.65 Å². The summed E-state index contributed by atoms with van der Waals surface area (Å²) in [6.07, 6.45) is 1.62. The molecule has 0 bridgehead atoms. The standard InChI is InChI=1S/C15H26BNO3/c1-13(2,3)12-9-8-11(10-17-12)16(19)20-15(6,7)14(4,5)18/h8-10,18-19H,1-7H3. The number of hydrogen-bond donors (Lipinski definition) is 2. The number of hydrogen-bond acceptors (Lipinski definition) is 4. The van der Waals surface area contributed by atoms with E-state index in [1.54, 1.807) is 40.0 Å². The maximum absolute atomic E-state index is 10.1. The van der Waals surface area contributed by atoms with Crippen molar-refractivity contribution in [3.63, 3.8) is 0 Å². The first-order chi connectivity index (χ1) is 8.84. The Morgan fingerprint density at radius 3 is 1.95 bits per heavy atom. The summed E-state index contributed by atoms with van der Waals surface area (Å²) >= 11 is 0. The molecule has 20 heavy (non-hydrogen) atoms. The molecule has 0 fully saturated rings. The smallest absolute Gasteiger partial charge is 0.423 e. The van der Waals surface area contributed by atoms with Crippen LogP contribution in [0.5, 0.6) is 0 Å². The number of rotatable bonds is 4. The molecule has 0 saturated carbocycles. The van der Waals surface area contributed by atoms with Crippen molar-refractivity contribution in [2.75, 3.05) is 0 Å². The summed E-state index contributed by atoms with van der Waals surface area (Å²) in [5.74, 6) is 0. The molecular weight excluding hydrogens is 253 g/mol. The first-order valence-corrected chi connectivity index (χ1v) is 6.89. The zero-order chi connectivity index (χ0) is 15.8. The zero-order valence-electron chi connectivity index (χ0n) is 13.6. The minimum atomic E-state index is -1.11. The van der Waals surface area contributed by atoms with E-state index < -0.39 is 18.3 Å². The number of pyridine rings is 1. The average Bonchev–Trinajstić information content (AvgIpc) is 2.26. The van der Waals surface area contributed by atoms with E-state index in [-0.39, 0.29) is 5.41 Å². The molecule has 2 N–H and O–H groups in total. The topological polar surface area (TPSA) is 62.6 Å². The highest BCUT2D eigenvalue weighted by atomic mass is 16.5. The second kappa shape index (κ2) is 5.47. The van der Waals surface area contributed by atoms with Crippen LogP contribution in [0.2, 0.25) is 0 Å². The Morgan fingerprint density at radius 2 is 1.60 bits per heavy atom. The van der Waals surface area contributed by atoms with Gasteiger partial charge in [0.15, 0.2) is 0 Å². The third-order valence-electron chi connectivity index (χ3n) is 3.72. The summed E-state index contributed by atoms with van der Waals surface area (Å²) in [6.45, 7) is 13.0. The fraction of sp³-hybridized carbons (Fsp3) is 0.667. The van der Waals surface area contributed by atoms with Crippen molar-refractivity contribution in [3.05, 3.63) is 24.0 Å². The van der Waals surface area contributed by atoms with Crippen molar-refractivity contribution in [1.29, 1.82) is 0 Å². The molecule has 0 atom stereocenters. The van der Waals surface area contributed by atoms with Gasteiger partial charge in [0.1, 0.15) is 0 Å². The molecular formula is C15H26BNO3. The third-order valence-corrected chi connectivity index (χ3v) is 3.72. The predicted octanol–water partition coefficient (Wildman–Crippen LogP) is 1.63. The average molecular weight is 279 g/mol. The van der Waals surface area contributed by atoms with Crippen LogP contribution in [0.15, 0.2) is 18.3 Å². The molecule has 1 aromatic rings. The van der Waals surface area contributed by atoms with Crippen molar-refractivity contribution < 1.29 is 14.8 Å². The van der Waals surface area contributed by atoms with Crippen LogP contribution in [-0.2, 0) is 10.1 Å². The first kappa shape index (κ1) is 17.1.